The first-order valence-corrected chi connectivity index (χ1v) is 10.1. The number of amides is 2. The number of nitrogens with zero attached hydrogens (tertiary/aromatic N) is 3. The predicted octanol–water partition coefficient (Wildman–Crippen LogP) is 0.964. The van der Waals surface area contributed by atoms with Crippen molar-refractivity contribution in [2.75, 3.05) is 26.2 Å². The van der Waals surface area contributed by atoms with E-state index < -0.39 is 0 Å². The Morgan fingerprint density at radius 1 is 1.07 bits per heavy atom. The van der Waals surface area contributed by atoms with E-state index in [2.05, 4.69) is 15.8 Å². The SMILES string of the molecule is O=C(Cc1cccs1)N1CCN(C(=O)C2CC(c3ccccn3)NN2)CC1. The van der Waals surface area contributed by atoms with E-state index in [0.29, 0.717) is 39.0 Å². The first-order valence-electron chi connectivity index (χ1n) is 9.21. The monoisotopic (exact) mass is 385 g/mol. The number of hydrogen-bond donors (Lipinski definition) is 2. The van der Waals surface area contributed by atoms with Crippen molar-refractivity contribution in [3.05, 3.63) is 52.5 Å². The number of carbonyl (C=O) groups is 2. The number of aromatic nitrogens is 1. The van der Waals surface area contributed by atoms with Gasteiger partial charge in [0.2, 0.25) is 11.8 Å². The van der Waals surface area contributed by atoms with E-state index in [-0.39, 0.29) is 23.9 Å². The average molecular weight is 385 g/mol. The van der Waals surface area contributed by atoms with E-state index in [9.17, 15) is 9.59 Å². The smallest absolute Gasteiger partial charge is 0.241 e. The molecule has 0 saturated carbocycles. The maximum atomic E-state index is 12.8. The van der Waals surface area contributed by atoms with Gasteiger partial charge in [-0.15, -0.1) is 11.3 Å². The summed E-state index contributed by atoms with van der Waals surface area (Å²) in [5.41, 5.74) is 7.21. The highest BCUT2D eigenvalue weighted by atomic mass is 32.1. The van der Waals surface area contributed by atoms with E-state index in [0.717, 1.165) is 10.6 Å². The zero-order chi connectivity index (χ0) is 18.6. The van der Waals surface area contributed by atoms with Gasteiger partial charge in [-0.3, -0.25) is 14.6 Å². The first kappa shape index (κ1) is 18.1. The van der Waals surface area contributed by atoms with Crippen molar-refractivity contribution in [3.8, 4) is 0 Å². The van der Waals surface area contributed by atoms with Gasteiger partial charge in [0.05, 0.1) is 18.2 Å². The minimum absolute atomic E-state index is 0.0359. The van der Waals surface area contributed by atoms with Gasteiger partial charge in [0.25, 0.3) is 0 Å². The van der Waals surface area contributed by atoms with Crippen LogP contribution in [0.1, 0.15) is 23.0 Å². The van der Waals surface area contributed by atoms with Gasteiger partial charge in [-0.2, -0.15) is 0 Å². The lowest BCUT2D eigenvalue weighted by molar-refractivity contribution is -0.140. The average Bonchev–Trinajstić information content (AvgIpc) is 3.40. The Bertz CT molecular complexity index is 775. The Morgan fingerprint density at radius 2 is 1.89 bits per heavy atom. The molecule has 4 heterocycles. The molecule has 2 amide bonds. The molecule has 142 valence electrons. The van der Waals surface area contributed by atoms with Crippen LogP contribution >= 0.6 is 11.3 Å². The fourth-order valence-corrected chi connectivity index (χ4v) is 4.26. The van der Waals surface area contributed by atoms with Crippen LogP contribution in [0.5, 0.6) is 0 Å². The molecule has 2 aliphatic heterocycles. The number of rotatable bonds is 4. The Balaban J connectivity index is 1.27. The van der Waals surface area contributed by atoms with Crippen LogP contribution in [0.25, 0.3) is 0 Å². The molecule has 2 atom stereocenters. The van der Waals surface area contributed by atoms with Crippen LogP contribution in [0.2, 0.25) is 0 Å². The molecule has 2 aliphatic rings. The van der Waals surface area contributed by atoms with Crippen molar-refractivity contribution in [3.63, 3.8) is 0 Å². The second-order valence-corrected chi connectivity index (χ2v) is 7.88. The minimum atomic E-state index is -0.259. The minimum Gasteiger partial charge on any atom is -0.339 e. The molecule has 2 N–H and O–H groups in total. The molecule has 2 saturated heterocycles. The zero-order valence-electron chi connectivity index (χ0n) is 15.0. The Labute approximate surface area is 162 Å². The third-order valence-electron chi connectivity index (χ3n) is 5.10. The third-order valence-corrected chi connectivity index (χ3v) is 5.97. The maximum absolute atomic E-state index is 12.8. The number of hydrazine groups is 1. The summed E-state index contributed by atoms with van der Waals surface area (Å²) in [4.78, 5) is 34.4. The van der Waals surface area contributed by atoms with Crippen LogP contribution < -0.4 is 10.9 Å². The van der Waals surface area contributed by atoms with Gasteiger partial charge in [0, 0.05) is 37.3 Å². The van der Waals surface area contributed by atoms with Gasteiger partial charge in [0.15, 0.2) is 0 Å². The summed E-state index contributed by atoms with van der Waals surface area (Å²) >= 11 is 1.60. The third kappa shape index (κ3) is 4.18. The molecular formula is C19H23N5O2S. The lowest BCUT2D eigenvalue weighted by atomic mass is 10.1. The molecule has 4 rings (SSSR count). The van der Waals surface area contributed by atoms with Crippen molar-refractivity contribution in [2.24, 2.45) is 0 Å². The van der Waals surface area contributed by atoms with E-state index >= 15 is 0 Å². The van der Waals surface area contributed by atoms with Gasteiger partial charge < -0.3 is 9.80 Å². The van der Waals surface area contributed by atoms with E-state index in [1.54, 1.807) is 17.5 Å². The molecule has 0 radical (unpaired) electrons. The molecule has 27 heavy (non-hydrogen) atoms. The fraction of sp³-hybridized carbons (Fsp3) is 0.421. The van der Waals surface area contributed by atoms with Crippen LogP contribution in [0, 0.1) is 0 Å². The van der Waals surface area contributed by atoms with E-state index in [4.69, 9.17) is 0 Å². The highest BCUT2D eigenvalue weighted by Crippen LogP contribution is 2.21. The molecule has 2 aromatic heterocycles. The first-order chi connectivity index (χ1) is 13.2. The molecule has 0 spiro atoms. The predicted molar refractivity (Wildman–Crippen MR) is 103 cm³/mol. The summed E-state index contributed by atoms with van der Waals surface area (Å²) < 4.78 is 0. The topological polar surface area (TPSA) is 77.6 Å². The molecule has 2 aromatic rings. The molecule has 2 fully saturated rings. The summed E-state index contributed by atoms with van der Waals surface area (Å²) in [5.74, 6) is 0.228. The van der Waals surface area contributed by atoms with Crippen molar-refractivity contribution < 1.29 is 9.59 Å². The van der Waals surface area contributed by atoms with Crippen LogP contribution in [-0.2, 0) is 16.0 Å². The molecule has 7 nitrogen and oxygen atoms in total. The van der Waals surface area contributed by atoms with Gasteiger partial charge in [-0.25, -0.2) is 10.9 Å². The van der Waals surface area contributed by atoms with Crippen LogP contribution in [-0.4, -0.2) is 58.8 Å². The molecular weight excluding hydrogens is 362 g/mol. The maximum Gasteiger partial charge on any atom is 0.241 e. The number of carbonyl (C=O) groups excluding carboxylic acids is 2. The highest BCUT2D eigenvalue weighted by Gasteiger charge is 2.35. The number of thiophene rings is 1. The number of pyridine rings is 1. The lowest BCUT2D eigenvalue weighted by Gasteiger charge is -2.35. The molecule has 8 heteroatoms. The second-order valence-electron chi connectivity index (χ2n) is 6.85. The normalized spacial score (nSPS) is 22.8. The lowest BCUT2D eigenvalue weighted by Crippen LogP contribution is -2.54. The number of hydrogen-bond acceptors (Lipinski definition) is 6. The quantitative estimate of drug-likeness (QED) is 0.820. The Hall–Kier alpha value is -2.29. The molecule has 2 unspecified atom stereocenters. The Morgan fingerprint density at radius 3 is 2.59 bits per heavy atom. The summed E-state index contributed by atoms with van der Waals surface area (Å²) in [7, 11) is 0. The fourth-order valence-electron chi connectivity index (χ4n) is 3.56. The number of piperazine rings is 1. The summed E-state index contributed by atoms with van der Waals surface area (Å²) in [5, 5.41) is 1.99. The van der Waals surface area contributed by atoms with E-state index in [1.807, 2.05) is 45.5 Å². The van der Waals surface area contributed by atoms with Crippen LogP contribution in [0.4, 0.5) is 0 Å². The second kappa shape index (κ2) is 8.16. The highest BCUT2D eigenvalue weighted by molar-refractivity contribution is 7.10. The molecule has 0 bridgehead atoms. The van der Waals surface area contributed by atoms with Gasteiger partial charge in [-0.1, -0.05) is 12.1 Å². The summed E-state index contributed by atoms with van der Waals surface area (Å²) in [6.07, 6.45) is 2.89. The van der Waals surface area contributed by atoms with Crippen LogP contribution in [0.3, 0.4) is 0 Å². The standard InChI is InChI=1S/C19H23N5O2S/c25-18(12-14-4-3-11-27-14)23-7-9-24(10-8-23)19(26)17-13-16(21-22-17)15-5-1-2-6-20-15/h1-6,11,16-17,21-22H,7-10,12-13H2. The largest absolute Gasteiger partial charge is 0.339 e. The molecule has 0 aromatic carbocycles. The summed E-state index contributed by atoms with van der Waals surface area (Å²) in [6.45, 7) is 2.36. The number of nitrogens with one attached hydrogen (secondary N) is 2. The van der Waals surface area contributed by atoms with Crippen molar-refractivity contribution in [1.82, 2.24) is 25.6 Å². The van der Waals surface area contributed by atoms with Crippen molar-refractivity contribution >= 4 is 23.2 Å². The van der Waals surface area contributed by atoms with Gasteiger partial charge in [0.1, 0.15) is 6.04 Å². The van der Waals surface area contributed by atoms with Crippen molar-refractivity contribution in [1.29, 1.82) is 0 Å². The summed E-state index contributed by atoms with van der Waals surface area (Å²) in [6, 6.07) is 9.52. The van der Waals surface area contributed by atoms with Gasteiger partial charge in [-0.05, 0) is 30.0 Å². The zero-order valence-corrected chi connectivity index (χ0v) is 15.8. The van der Waals surface area contributed by atoms with Gasteiger partial charge >= 0.3 is 0 Å². The van der Waals surface area contributed by atoms with Crippen LogP contribution in [0.15, 0.2) is 41.9 Å². The van der Waals surface area contributed by atoms with E-state index in [1.165, 1.54) is 0 Å². The Kier molecular flexibility index (Phi) is 5.47. The van der Waals surface area contributed by atoms with Crippen molar-refractivity contribution in [2.45, 2.75) is 24.9 Å². The molecule has 0 aliphatic carbocycles.